The van der Waals surface area contributed by atoms with Gasteiger partial charge in [0.1, 0.15) is 11.6 Å². The minimum absolute atomic E-state index is 0.635. The Bertz CT molecular complexity index is 771. The largest absolute Gasteiger partial charge is 0.497 e. The van der Waals surface area contributed by atoms with Crippen molar-refractivity contribution in [1.82, 2.24) is 4.98 Å². The summed E-state index contributed by atoms with van der Waals surface area (Å²) in [6, 6.07) is 15.8. The molecule has 0 aliphatic rings. The number of fused-ring (bicyclic) bond motifs is 1. The predicted octanol–water partition coefficient (Wildman–Crippen LogP) is 3.44. The minimum Gasteiger partial charge on any atom is -0.497 e. The van der Waals surface area contributed by atoms with Crippen molar-refractivity contribution in [3.63, 3.8) is 0 Å². The van der Waals surface area contributed by atoms with E-state index >= 15 is 0 Å². The molecule has 2 aromatic carbocycles. The van der Waals surface area contributed by atoms with Crippen molar-refractivity contribution in [3.05, 3.63) is 60.3 Å². The second kappa shape index (κ2) is 5.71. The number of hydrogen-bond acceptors (Lipinski definition) is 4. The van der Waals surface area contributed by atoms with E-state index in [0.717, 1.165) is 33.6 Å². The first-order chi connectivity index (χ1) is 10.3. The van der Waals surface area contributed by atoms with Crippen LogP contribution in [0.1, 0.15) is 5.56 Å². The molecule has 106 valence electrons. The predicted molar refractivity (Wildman–Crippen MR) is 86.5 cm³/mol. The molecule has 1 heterocycles. The van der Waals surface area contributed by atoms with Crippen LogP contribution in [-0.4, -0.2) is 12.1 Å². The molecular weight excluding hydrogens is 262 g/mol. The highest BCUT2D eigenvalue weighted by atomic mass is 16.5. The second-order valence-corrected chi connectivity index (χ2v) is 4.80. The smallest absolute Gasteiger partial charge is 0.134 e. The van der Waals surface area contributed by atoms with E-state index in [-0.39, 0.29) is 0 Å². The van der Waals surface area contributed by atoms with Crippen LogP contribution in [0.5, 0.6) is 5.75 Å². The maximum Gasteiger partial charge on any atom is 0.134 e. The van der Waals surface area contributed by atoms with Crippen molar-refractivity contribution >= 4 is 22.3 Å². The average Bonchev–Trinajstić information content (AvgIpc) is 2.53. The van der Waals surface area contributed by atoms with Crippen molar-refractivity contribution in [2.75, 3.05) is 18.2 Å². The molecule has 0 bridgehead atoms. The van der Waals surface area contributed by atoms with E-state index < -0.39 is 0 Å². The summed E-state index contributed by atoms with van der Waals surface area (Å²) in [6.45, 7) is 0.635. The molecule has 0 unspecified atom stereocenters. The number of nitrogens with two attached hydrogens (primary N) is 1. The lowest BCUT2D eigenvalue weighted by molar-refractivity contribution is 0.415. The Labute approximate surface area is 123 Å². The molecule has 4 heteroatoms. The van der Waals surface area contributed by atoms with Gasteiger partial charge in [-0.3, -0.25) is 0 Å². The number of para-hydroxylation sites is 1. The van der Waals surface area contributed by atoms with Gasteiger partial charge in [-0.15, -0.1) is 0 Å². The maximum absolute atomic E-state index is 5.96. The van der Waals surface area contributed by atoms with E-state index in [1.165, 1.54) is 0 Å². The molecule has 0 saturated heterocycles. The molecular formula is C17H17N3O. The fraction of sp³-hybridized carbons (Fsp3) is 0.118. The molecule has 3 rings (SSSR count). The summed E-state index contributed by atoms with van der Waals surface area (Å²) in [5, 5.41) is 5.50. The van der Waals surface area contributed by atoms with Gasteiger partial charge in [-0.1, -0.05) is 24.3 Å². The molecule has 0 radical (unpaired) electrons. The Morgan fingerprint density at radius 3 is 2.81 bits per heavy atom. The van der Waals surface area contributed by atoms with Crippen molar-refractivity contribution in [3.8, 4) is 5.75 Å². The van der Waals surface area contributed by atoms with E-state index in [0.29, 0.717) is 6.54 Å². The normalized spacial score (nSPS) is 10.5. The topological polar surface area (TPSA) is 60.2 Å². The van der Waals surface area contributed by atoms with Crippen LogP contribution in [0.25, 0.3) is 10.8 Å². The molecule has 21 heavy (non-hydrogen) atoms. The summed E-state index contributed by atoms with van der Waals surface area (Å²) >= 11 is 0. The van der Waals surface area contributed by atoms with Crippen molar-refractivity contribution < 1.29 is 4.74 Å². The number of nitrogen functional groups attached to an aromatic ring is 1. The van der Waals surface area contributed by atoms with E-state index in [1.807, 2.05) is 48.5 Å². The SMILES string of the molecule is COc1ccc2ccnc(NCc3ccccc3N)c2c1. The first-order valence-electron chi connectivity index (χ1n) is 6.78. The molecule has 3 N–H and O–H groups in total. The van der Waals surface area contributed by atoms with Crippen LogP contribution >= 0.6 is 0 Å². The third kappa shape index (κ3) is 2.74. The van der Waals surface area contributed by atoms with Gasteiger partial charge in [0.05, 0.1) is 7.11 Å². The van der Waals surface area contributed by atoms with Gasteiger partial charge < -0.3 is 15.8 Å². The molecule has 0 aliphatic heterocycles. The number of ether oxygens (including phenoxy) is 1. The van der Waals surface area contributed by atoms with Gasteiger partial charge in [0.15, 0.2) is 0 Å². The number of hydrogen-bond donors (Lipinski definition) is 2. The van der Waals surface area contributed by atoms with Gasteiger partial charge in [0.25, 0.3) is 0 Å². The zero-order valence-corrected chi connectivity index (χ0v) is 11.8. The minimum atomic E-state index is 0.635. The zero-order valence-electron chi connectivity index (χ0n) is 11.8. The molecule has 0 saturated carbocycles. The molecule has 0 spiro atoms. The summed E-state index contributed by atoms with van der Waals surface area (Å²) in [5.74, 6) is 1.65. The van der Waals surface area contributed by atoms with Crippen LogP contribution in [-0.2, 0) is 6.54 Å². The highest BCUT2D eigenvalue weighted by molar-refractivity contribution is 5.92. The molecule has 0 fully saturated rings. The monoisotopic (exact) mass is 279 g/mol. The third-order valence-electron chi connectivity index (χ3n) is 3.47. The van der Waals surface area contributed by atoms with Crippen molar-refractivity contribution in [2.45, 2.75) is 6.54 Å². The Morgan fingerprint density at radius 2 is 2.00 bits per heavy atom. The number of rotatable bonds is 4. The van der Waals surface area contributed by atoms with Crippen LogP contribution in [0, 0.1) is 0 Å². The first-order valence-corrected chi connectivity index (χ1v) is 6.78. The van der Waals surface area contributed by atoms with Crippen LogP contribution in [0.2, 0.25) is 0 Å². The van der Waals surface area contributed by atoms with Gasteiger partial charge in [-0.05, 0) is 35.2 Å². The third-order valence-corrected chi connectivity index (χ3v) is 3.47. The number of nitrogens with one attached hydrogen (secondary N) is 1. The highest BCUT2D eigenvalue weighted by Crippen LogP contribution is 2.26. The van der Waals surface area contributed by atoms with E-state index in [9.17, 15) is 0 Å². The van der Waals surface area contributed by atoms with Gasteiger partial charge in [0, 0.05) is 23.8 Å². The fourth-order valence-electron chi connectivity index (χ4n) is 2.29. The summed E-state index contributed by atoms with van der Waals surface area (Å²) < 4.78 is 5.28. The summed E-state index contributed by atoms with van der Waals surface area (Å²) in [7, 11) is 1.66. The Hall–Kier alpha value is -2.75. The summed E-state index contributed by atoms with van der Waals surface area (Å²) in [6.07, 6.45) is 1.80. The lowest BCUT2D eigenvalue weighted by Crippen LogP contribution is -2.04. The molecule has 4 nitrogen and oxygen atoms in total. The number of nitrogens with zero attached hydrogens (tertiary/aromatic N) is 1. The Balaban J connectivity index is 1.91. The van der Waals surface area contributed by atoms with Gasteiger partial charge in [0.2, 0.25) is 0 Å². The highest BCUT2D eigenvalue weighted by Gasteiger charge is 2.05. The van der Waals surface area contributed by atoms with Gasteiger partial charge >= 0.3 is 0 Å². The van der Waals surface area contributed by atoms with Crippen LogP contribution < -0.4 is 15.8 Å². The average molecular weight is 279 g/mol. The Kier molecular flexibility index (Phi) is 3.60. The number of benzene rings is 2. The molecule has 0 atom stereocenters. The maximum atomic E-state index is 5.96. The number of anilines is 2. The summed E-state index contributed by atoms with van der Waals surface area (Å²) in [5.41, 5.74) is 7.80. The molecule has 0 aliphatic carbocycles. The number of pyridine rings is 1. The van der Waals surface area contributed by atoms with Crippen LogP contribution in [0.15, 0.2) is 54.7 Å². The van der Waals surface area contributed by atoms with Gasteiger partial charge in [-0.25, -0.2) is 4.98 Å². The summed E-state index contributed by atoms with van der Waals surface area (Å²) in [4.78, 5) is 4.42. The number of aromatic nitrogens is 1. The lowest BCUT2D eigenvalue weighted by Gasteiger charge is -2.11. The molecule has 0 amide bonds. The van der Waals surface area contributed by atoms with E-state index in [4.69, 9.17) is 10.5 Å². The second-order valence-electron chi connectivity index (χ2n) is 4.80. The van der Waals surface area contributed by atoms with Crippen molar-refractivity contribution in [1.29, 1.82) is 0 Å². The molecule has 3 aromatic rings. The lowest BCUT2D eigenvalue weighted by atomic mass is 10.1. The molecule has 1 aromatic heterocycles. The quantitative estimate of drug-likeness (QED) is 0.718. The Morgan fingerprint density at radius 1 is 1.14 bits per heavy atom. The number of methoxy groups -OCH3 is 1. The fourth-order valence-corrected chi connectivity index (χ4v) is 2.29. The van der Waals surface area contributed by atoms with E-state index in [2.05, 4.69) is 10.3 Å². The van der Waals surface area contributed by atoms with E-state index in [1.54, 1.807) is 13.3 Å². The van der Waals surface area contributed by atoms with Crippen LogP contribution in [0.3, 0.4) is 0 Å². The zero-order chi connectivity index (χ0) is 14.7. The standard InChI is InChI=1S/C17H17N3O/c1-21-14-7-6-12-8-9-19-17(15(12)10-14)20-11-13-4-2-3-5-16(13)18/h2-10H,11,18H2,1H3,(H,19,20). The first kappa shape index (κ1) is 13.2. The van der Waals surface area contributed by atoms with Crippen molar-refractivity contribution in [2.24, 2.45) is 0 Å². The van der Waals surface area contributed by atoms with Crippen LogP contribution in [0.4, 0.5) is 11.5 Å². The van der Waals surface area contributed by atoms with Gasteiger partial charge in [-0.2, -0.15) is 0 Å².